The van der Waals surface area contributed by atoms with Gasteiger partial charge in [-0.1, -0.05) is 68.7 Å². The molecule has 1 rings (SSSR count). The highest BCUT2D eigenvalue weighted by atomic mass is 16.6. The summed E-state index contributed by atoms with van der Waals surface area (Å²) in [7, 11) is 0. The molecule has 0 amide bonds. The number of rotatable bonds is 13. The summed E-state index contributed by atoms with van der Waals surface area (Å²) in [5.41, 5.74) is -0.170. The average Bonchev–Trinajstić information content (AvgIpc) is 3.15. The molecule has 8 atom stereocenters. The van der Waals surface area contributed by atoms with Gasteiger partial charge in [0.2, 0.25) is 0 Å². The molecule has 0 aromatic carbocycles. The lowest BCUT2D eigenvalue weighted by molar-refractivity contribution is -0.149. The van der Waals surface area contributed by atoms with E-state index in [2.05, 4.69) is 13.8 Å². The highest BCUT2D eigenvalue weighted by Crippen LogP contribution is 2.32. The molecule has 0 N–H and O–H groups in total. The van der Waals surface area contributed by atoms with Gasteiger partial charge in [0.25, 0.3) is 0 Å². The number of carbonyl (C=O) groups is 6. The minimum Gasteiger partial charge on any atom is -0.459 e. The molecule has 1 aliphatic rings. The first kappa shape index (κ1) is 44.3. The van der Waals surface area contributed by atoms with Crippen LogP contribution in [0.3, 0.4) is 0 Å². The van der Waals surface area contributed by atoms with Crippen molar-refractivity contribution in [2.45, 2.75) is 148 Å². The average molecular weight is 597 g/mol. The van der Waals surface area contributed by atoms with E-state index in [0.717, 1.165) is 19.3 Å². The van der Waals surface area contributed by atoms with E-state index in [9.17, 15) is 28.8 Å². The first-order valence-corrected chi connectivity index (χ1v) is 15.8. The molecule has 0 radical (unpaired) electrons. The Labute approximate surface area is 257 Å². The number of carbonyl (C=O) groups excluding carboxylic acids is 6. The summed E-state index contributed by atoms with van der Waals surface area (Å²) in [4.78, 5) is 64.9. The molecule has 0 aliphatic carbocycles. The normalized spacial score (nSPS) is 21.6. The van der Waals surface area contributed by atoms with E-state index >= 15 is 0 Å². The molecule has 246 valence electrons. The molecular weight excluding hydrogens is 532 g/mol. The van der Waals surface area contributed by atoms with Crippen molar-refractivity contribution in [1.29, 1.82) is 0 Å². The number of cyclic esters (lactones) is 1. The van der Waals surface area contributed by atoms with Crippen LogP contribution in [0.2, 0.25) is 0 Å². The molecule has 0 unspecified atom stereocenters. The van der Waals surface area contributed by atoms with E-state index < -0.39 is 0 Å². The van der Waals surface area contributed by atoms with Crippen LogP contribution in [-0.2, 0) is 33.5 Å². The molecule has 1 saturated heterocycles. The van der Waals surface area contributed by atoms with E-state index in [1.54, 1.807) is 34.6 Å². The van der Waals surface area contributed by atoms with Crippen LogP contribution in [0.5, 0.6) is 0 Å². The fraction of sp³-hybridized carbons (Fsp3) is 0.829. The summed E-state index contributed by atoms with van der Waals surface area (Å²) in [5.74, 6) is 2.08. The molecule has 0 bridgehead atoms. The van der Waals surface area contributed by atoms with Crippen LogP contribution in [0.25, 0.3) is 0 Å². The quantitative estimate of drug-likeness (QED) is 0.198. The fourth-order valence-corrected chi connectivity index (χ4v) is 3.99. The standard InChI is InChI=1S/2C9H16O2.C9H18O.C8H14O2/c2*1-6(8(3)10)5-7(2)9(4)11;1-5-7(2)6-8(3)9(4)10;1-4-8(3)5-6(2)7(9)10-8/h2*6-7H,5H2,1-4H3;7-8H,5-6H2,1-4H3;6H,4-5H2,1-3H3/t2*6-,7+;7-,8-;6-,8+/m..00/s1. The van der Waals surface area contributed by atoms with Crippen molar-refractivity contribution in [3.8, 4) is 0 Å². The van der Waals surface area contributed by atoms with Crippen LogP contribution in [-0.4, -0.2) is 40.5 Å². The van der Waals surface area contributed by atoms with Gasteiger partial charge in [0.15, 0.2) is 0 Å². The van der Waals surface area contributed by atoms with Crippen molar-refractivity contribution in [3.63, 3.8) is 0 Å². The summed E-state index contributed by atoms with van der Waals surface area (Å²) in [5, 5.41) is 0. The topological polar surface area (TPSA) is 112 Å². The Morgan fingerprint density at radius 1 is 0.667 bits per heavy atom. The molecule has 42 heavy (non-hydrogen) atoms. The zero-order chi connectivity index (χ0) is 34.0. The number of hydrogen-bond donors (Lipinski definition) is 0. The predicted octanol–water partition coefficient (Wildman–Crippen LogP) is 8.04. The van der Waals surface area contributed by atoms with Crippen molar-refractivity contribution in [1.82, 2.24) is 0 Å². The van der Waals surface area contributed by atoms with Crippen LogP contribution in [0.15, 0.2) is 0 Å². The molecule has 1 heterocycles. The van der Waals surface area contributed by atoms with Gasteiger partial charge >= 0.3 is 5.97 Å². The van der Waals surface area contributed by atoms with Gasteiger partial charge in [-0.3, -0.25) is 28.8 Å². The van der Waals surface area contributed by atoms with Crippen LogP contribution in [0, 0.1) is 41.4 Å². The molecule has 1 fully saturated rings. The second-order valence-electron chi connectivity index (χ2n) is 13.1. The summed E-state index contributed by atoms with van der Waals surface area (Å²) in [6.45, 7) is 27.7. The zero-order valence-corrected chi connectivity index (χ0v) is 29.6. The molecule has 0 saturated carbocycles. The molecule has 0 aromatic heterocycles. The van der Waals surface area contributed by atoms with E-state index in [1.165, 1.54) is 6.42 Å². The van der Waals surface area contributed by atoms with Gasteiger partial charge in [-0.15, -0.1) is 0 Å². The SMILES string of the molecule is CC(=O)[C@H](C)C[C@H](C)C(C)=O.CC(=O)[C@H](C)C[C@H](C)C(C)=O.CC[C@H](C)C[C@H](C)C(C)=O.CC[C@]1(C)C[C@H](C)C(=O)O1. The van der Waals surface area contributed by atoms with Crippen molar-refractivity contribution in [2.75, 3.05) is 0 Å². The van der Waals surface area contributed by atoms with E-state index in [0.29, 0.717) is 24.5 Å². The van der Waals surface area contributed by atoms with Crippen LogP contribution in [0.1, 0.15) is 142 Å². The third-order valence-corrected chi connectivity index (χ3v) is 8.57. The Kier molecular flexibility index (Phi) is 23.6. The lowest BCUT2D eigenvalue weighted by Crippen LogP contribution is -2.21. The second-order valence-corrected chi connectivity index (χ2v) is 13.1. The Balaban J connectivity index is -0.000000483. The summed E-state index contributed by atoms with van der Waals surface area (Å²) < 4.78 is 5.17. The lowest BCUT2D eigenvalue weighted by atomic mass is 9.92. The highest BCUT2D eigenvalue weighted by Gasteiger charge is 2.39. The van der Waals surface area contributed by atoms with Crippen molar-refractivity contribution in [2.24, 2.45) is 41.4 Å². The molecule has 0 spiro atoms. The second kappa shape index (κ2) is 22.4. The van der Waals surface area contributed by atoms with Crippen LogP contribution >= 0.6 is 0 Å². The Bertz CT molecular complexity index is 787. The summed E-state index contributed by atoms with van der Waals surface area (Å²) in [6.07, 6.45) is 5.39. The molecule has 0 aromatic rings. The monoisotopic (exact) mass is 596 g/mol. The third-order valence-electron chi connectivity index (χ3n) is 8.57. The lowest BCUT2D eigenvalue weighted by Gasteiger charge is -2.19. The number of esters is 1. The van der Waals surface area contributed by atoms with Gasteiger partial charge in [0.1, 0.15) is 34.5 Å². The summed E-state index contributed by atoms with van der Waals surface area (Å²) >= 11 is 0. The van der Waals surface area contributed by atoms with Crippen molar-refractivity contribution in [3.05, 3.63) is 0 Å². The predicted molar refractivity (Wildman–Crippen MR) is 171 cm³/mol. The molecule has 1 aliphatic heterocycles. The first-order valence-electron chi connectivity index (χ1n) is 15.8. The van der Waals surface area contributed by atoms with Crippen LogP contribution < -0.4 is 0 Å². The van der Waals surface area contributed by atoms with Gasteiger partial charge in [-0.2, -0.15) is 0 Å². The zero-order valence-electron chi connectivity index (χ0n) is 29.6. The molecule has 7 heteroatoms. The third kappa shape index (κ3) is 21.5. The maximum Gasteiger partial charge on any atom is 0.309 e. The summed E-state index contributed by atoms with van der Waals surface area (Å²) in [6, 6.07) is 0. The van der Waals surface area contributed by atoms with Gasteiger partial charge in [-0.05, 0) is 79.6 Å². The van der Waals surface area contributed by atoms with Gasteiger partial charge in [0, 0.05) is 29.6 Å². The van der Waals surface area contributed by atoms with Gasteiger partial charge < -0.3 is 4.74 Å². The van der Waals surface area contributed by atoms with E-state index in [-0.39, 0.29) is 70.2 Å². The Hall–Kier alpha value is -2.18. The van der Waals surface area contributed by atoms with Crippen LogP contribution in [0.4, 0.5) is 0 Å². The highest BCUT2D eigenvalue weighted by molar-refractivity contribution is 5.82. The largest absolute Gasteiger partial charge is 0.459 e. The minimum atomic E-state index is -0.170. The Morgan fingerprint density at radius 3 is 1.12 bits per heavy atom. The smallest absolute Gasteiger partial charge is 0.309 e. The van der Waals surface area contributed by atoms with Gasteiger partial charge in [-0.25, -0.2) is 0 Å². The maximum absolute atomic E-state index is 10.9. The minimum absolute atomic E-state index is 0.0221. The van der Waals surface area contributed by atoms with E-state index in [4.69, 9.17) is 4.74 Å². The van der Waals surface area contributed by atoms with Crippen molar-refractivity contribution >= 4 is 34.9 Å². The van der Waals surface area contributed by atoms with E-state index in [1.807, 2.05) is 55.4 Å². The number of ether oxygens (including phenoxy) is 1. The fourth-order valence-electron chi connectivity index (χ4n) is 3.99. The first-order chi connectivity index (χ1) is 19.0. The van der Waals surface area contributed by atoms with Gasteiger partial charge in [0.05, 0.1) is 5.92 Å². The molecule has 7 nitrogen and oxygen atoms in total. The number of Topliss-reactive ketones (excluding diaryl/α,β-unsaturated/α-hetero) is 5. The maximum atomic E-state index is 10.9. The number of ketones is 5. The van der Waals surface area contributed by atoms with Crippen molar-refractivity contribution < 1.29 is 33.5 Å². The Morgan fingerprint density at radius 2 is 0.952 bits per heavy atom. The molecular formula is C35H64O7. The number of hydrogen-bond acceptors (Lipinski definition) is 7.